The maximum Gasteiger partial charge on any atom is 0.138 e. The minimum atomic E-state index is -0.506. The maximum atomic E-state index is 10.2. The van der Waals surface area contributed by atoms with Crippen LogP contribution in [-0.2, 0) is 9.63 Å². The summed E-state index contributed by atoms with van der Waals surface area (Å²) >= 11 is 0. The summed E-state index contributed by atoms with van der Waals surface area (Å²) in [5.41, 5.74) is 0.647. The van der Waals surface area contributed by atoms with Gasteiger partial charge in [-0.3, -0.25) is 0 Å². The van der Waals surface area contributed by atoms with Crippen molar-refractivity contribution in [3.8, 4) is 0 Å². The summed E-state index contributed by atoms with van der Waals surface area (Å²) in [6.45, 7) is 7.59. The first kappa shape index (κ1) is 11.9. The first-order valence-electron chi connectivity index (χ1n) is 4.26. The molecule has 0 aliphatic carbocycles. The van der Waals surface area contributed by atoms with E-state index in [-0.39, 0.29) is 0 Å². The van der Waals surface area contributed by atoms with Crippen LogP contribution >= 0.6 is 0 Å². The lowest BCUT2D eigenvalue weighted by atomic mass is 10.1. The van der Waals surface area contributed by atoms with E-state index in [0.29, 0.717) is 6.42 Å². The van der Waals surface area contributed by atoms with E-state index in [9.17, 15) is 4.79 Å². The van der Waals surface area contributed by atoms with Crippen molar-refractivity contribution in [2.24, 2.45) is 5.16 Å². The Hall–Kier alpha value is -1.12. The van der Waals surface area contributed by atoms with Gasteiger partial charge < -0.3 is 9.63 Å². The van der Waals surface area contributed by atoms with Crippen LogP contribution in [0.1, 0.15) is 34.1 Å². The van der Waals surface area contributed by atoms with Gasteiger partial charge in [-0.25, -0.2) is 0 Å². The monoisotopic (exact) mass is 183 g/mol. The van der Waals surface area contributed by atoms with Crippen LogP contribution in [0.4, 0.5) is 0 Å². The fraction of sp³-hybridized carbons (Fsp3) is 0.600. The van der Waals surface area contributed by atoms with Crippen LogP contribution in [0.2, 0.25) is 0 Å². The fourth-order valence-corrected chi connectivity index (χ4v) is 0.591. The predicted molar refractivity (Wildman–Crippen MR) is 53.8 cm³/mol. The number of hydrogen-bond acceptors (Lipinski definition) is 3. The largest absolute Gasteiger partial charge is 0.389 e. The predicted octanol–water partition coefficient (Wildman–Crippen LogP) is 2.32. The molecule has 0 spiro atoms. The average molecular weight is 183 g/mol. The third kappa shape index (κ3) is 7.25. The van der Waals surface area contributed by atoms with Crippen molar-refractivity contribution < 1.29 is 9.63 Å². The SMILES string of the molecule is CC(C)=C/C=N/OC(C)(C)CC=O. The van der Waals surface area contributed by atoms with Crippen molar-refractivity contribution in [2.75, 3.05) is 0 Å². The molecule has 3 heteroatoms. The molecule has 0 saturated carbocycles. The average Bonchev–Trinajstić information content (AvgIpc) is 1.98. The smallest absolute Gasteiger partial charge is 0.138 e. The number of carbonyl (C=O) groups is 1. The van der Waals surface area contributed by atoms with E-state index in [1.807, 2.05) is 33.8 Å². The molecule has 0 heterocycles. The third-order valence-corrected chi connectivity index (χ3v) is 1.34. The van der Waals surface area contributed by atoms with Crippen LogP contribution in [-0.4, -0.2) is 18.1 Å². The number of oxime groups is 1. The van der Waals surface area contributed by atoms with E-state index in [4.69, 9.17) is 4.84 Å². The summed E-state index contributed by atoms with van der Waals surface area (Å²) in [5, 5.41) is 3.74. The van der Waals surface area contributed by atoms with E-state index < -0.39 is 5.60 Å². The normalized spacial score (nSPS) is 11.4. The number of hydrogen-bond donors (Lipinski definition) is 0. The zero-order valence-corrected chi connectivity index (χ0v) is 8.70. The molecule has 3 nitrogen and oxygen atoms in total. The molecule has 0 saturated heterocycles. The zero-order valence-electron chi connectivity index (χ0n) is 8.70. The number of carbonyl (C=O) groups excluding carboxylic acids is 1. The Bertz CT molecular complexity index is 213. The van der Waals surface area contributed by atoms with Gasteiger partial charge in [0.05, 0.1) is 6.21 Å². The molecular formula is C10H17NO2. The van der Waals surface area contributed by atoms with Gasteiger partial charge in [0.1, 0.15) is 11.9 Å². The van der Waals surface area contributed by atoms with Gasteiger partial charge in [0, 0.05) is 6.42 Å². The van der Waals surface area contributed by atoms with Crippen molar-refractivity contribution in [1.29, 1.82) is 0 Å². The minimum absolute atomic E-state index is 0.346. The number of nitrogens with zero attached hydrogens (tertiary/aromatic N) is 1. The standard InChI is InChI=1S/C10H17NO2/c1-9(2)5-7-11-13-10(3,4)6-8-12/h5,7-8H,6H2,1-4H3/b11-7+. The molecule has 0 atom stereocenters. The molecule has 0 bridgehead atoms. The van der Waals surface area contributed by atoms with Crippen LogP contribution in [0.3, 0.4) is 0 Å². The molecule has 0 aliphatic heterocycles. The van der Waals surface area contributed by atoms with Gasteiger partial charge in [0.2, 0.25) is 0 Å². The number of aldehydes is 1. The molecule has 0 unspecified atom stereocenters. The van der Waals surface area contributed by atoms with E-state index in [1.54, 1.807) is 6.21 Å². The molecule has 0 amide bonds. The minimum Gasteiger partial charge on any atom is -0.389 e. The zero-order chi connectivity index (χ0) is 10.3. The van der Waals surface area contributed by atoms with Gasteiger partial charge in [0.25, 0.3) is 0 Å². The van der Waals surface area contributed by atoms with Crippen LogP contribution in [0, 0.1) is 0 Å². The van der Waals surface area contributed by atoms with Gasteiger partial charge in [-0.2, -0.15) is 0 Å². The Balaban J connectivity index is 3.93. The van der Waals surface area contributed by atoms with Crippen LogP contribution in [0.15, 0.2) is 16.8 Å². The highest BCUT2D eigenvalue weighted by atomic mass is 16.6. The van der Waals surface area contributed by atoms with Crippen LogP contribution in [0.5, 0.6) is 0 Å². The third-order valence-electron chi connectivity index (χ3n) is 1.34. The van der Waals surface area contributed by atoms with Crippen molar-refractivity contribution in [1.82, 2.24) is 0 Å². The number of rotatable bonds is 5. The second-order valence-electron chi connectivity index (χ2n) is 3.72. The molecule has 0 rings (SSSR count). The van der Waals surface area contributed by atoms with Crippen molar-refractivity contribution in [3.05, 3.63) is 11.6 Å². The quantitative estimate of drug-likeness (QED) is 0.373. The Morgan fingerprint density at radius 3 is 2.54 bits per heavy atom. The van der Waals surface area contributed by atoms with Crippen molar-refractivity contribution in [3.63, 3.8) is 0 Å². The first-order chi connectivity index (χ1) is 5.98. The summed E-state index contributed by atoms with van der Waals surface area (Å²) < 4.78 is 0. The Morgan fingerprint density at radius 1 is 1.46 bits per heavy atom. The Labute approximate surface area is 79.5 Å². The van der Waals surface area contributed by atoms with Crippen molar-refractivity contribution in [2.45, 2.75) is 39.7 Å². The fourth-order valence-electron chi connectivity index (χ4n) is 0.591. The molecule has 0 N–H and O–H groups in total. The van der Waals surface area contributed by atoms with E-state index in [0.717, 1.165) is 11.9 Å². The van der Waals surface area contributed by atoms with E-state index >= 15 is 0 Å². The number of allylic oxidation sites excluding steroid dienone is 2. The molecule has 0 aromatic rings. The molecule has 13 heavy (non-hydrogen) atoms. The lowest BCUT2D eigenvalue weighted by Crippen LogP contribution is -2.22. The summed E-state index contributed by atoms with van der Waals surface area (Å²) in [7, 11) is 0. The van der Waals surface area contributed by atoms with Crippen LogP contribution in [0.25, 0.3) is 0 Å². The molecule has 74 valence electrons. The molecule has 0 aliphatic rings. The second kappa shape index (κ2) is 5.51. The first-order valence-corrected chi connectivity index (χ1v) is 4.26. The van der Waals surface area contributed by atoms with Gasteiger partial charge in [-0.15, -0.1) is 0 Å². The van der Waals surface area contributed by atoms with Crippen molar-refractivity contribution >= 4 is 12.5 Å². The summed E-state index contributed by atoms with van der Waals surface area (Å²) in [5.74, 6) is 0. The highest BCUT2D eigenvalue weighted by Gasteiger charge is 2.17. The van der Waals surface area contributed by atoms with Gasteiger partial charge >= 0.3 is 0 Å². The van der Waals surface area contributed by atoms with E-state index in [2.05, 4.69) is 5.16 Å². The summed E-state index contributed by atoms with van der Waals surface area (Å²) in [6, 6.07) is 0. The lowest BCUT2D eigenvalue weighted by molar-refractivity contribution is -0.113. The highest BCUT2D eigenvalue weighted by Crippen LogP contribution is 2.12. The molecule has 0 fully saturated rings. The summed E-state index contributed by atoms with van der Waals surface area (Å²) in [4.78, 5) is 15.3. The van der Waals surface area contributed by atoms with Crippen LogP contribution < -0.4 is 0 Å². The maximum absolute atomic E-state index is 10.2. The molecule has 0 radical (unpaired) electrons. The summed E-state index contributed by atoms with van der Waals surface area (Å²) in [6.07, 6.45) is 4.61. The van der Waals surface area contributed by atoms with E-state index in [1.165, 1.54) is 0 Å². The Kier molecular flexibility index (Phi) is 5.04. The second-order valence-corrected chi connectivity index (χ2v) is 3.72. The molecular weight excluding hydrogens is 166 g/mol. The molecule has 0 aromatic carbocycles. The van der Waals surface area contributed by atoms with Gasteiger partial charge in [-0.1, -0.05) is 10.7 Å². The topological polar surface area (TPSA) is 38.7 Å². The van der Waals surface area contributed by atoms with Gasteiger partial charge in [-0.05, 0) is 33.8 Å². The Morgan fingerprint density at radius 2 is 2.08 bits per heavy atom. The highest BCUT2D eigenvalue weighted by molar-refractivity contribution is 5.71. The molecule has 0 aromatic heterocycles. The lowest BCUT2D eigenvalue weighted by Gasteiger charge is -2.18. The van der Waals surface area contributed by atoms with Gasteiger partial charge in [0.15, 0.2) is 0 Å².